The largest absolute Gasteiger partial charge is 0.496 e. The van der Waals surface area contributed by atoms with Crippen LogP contribution in [-0.2, 0) is 0 Å². The van der Waals surface area contributed by atoms with Crippen molar-refractivity contribution in [3.63, 3.8) is 0 Å². The summed E-state index contributed by atoms with van der Waals surface area (Å²) in [7, 11) is 1.61. The summed E-state index contributed by atoms with van der Waals surface area (Å²) < 4.78 is 6.10. The molecule has 0 amide bonds. The molecule has 1 aromatic heterocycles. The summed E-state index contributed by atoms with van der Waals surface area (Å²) in [6.45, 7) is 3.94. The lowest BCUT2D eigenvalue weighted by molar-refractivity contribution is 0.104. The number of halogens is 1. The van der Waals surface area contributed by atoms with E-state index in [1.165, 1.54) is 11.3 Å². The van der Waals surface area contributed by atoms with Gasteiger partial charge >= 0.3 is 0 Å². The molecule has 0 aliphatic rings. The van der Waals surface area contributed by atoms with E-state index in [0.29, 0.717) is 5.56 Å². The Balaban J connectivity index is 2.43. The van der Waals surface area contributed by atoms with E-state index in [1.54, 1.807) is 13.2 Å². The van der Waals surface area contributed by atoms with Crippen LogP contribution in [0.5, 0.6) is 5.75 Å². The molecule has 4 heteroatoms. The fraction of sp³-hybridized carbons (Fsp3) is 0.214. The van der Waals surface area contributed by atoms with Gasteiger partial charge in [-0.2, -0.15) is 0 Å². The van der Waals surface area contributed by atoms with Gasteiger partial charge in [0.05, 0.1) is 12.0 Å². The molecule has 0 spiro atoms. The zero-order valence-electron chi connectivity index (χ0n) is 10.4. The van der Waals surface area contributed by atoms with Crippen molar-refractivity contribution >= 4 is 33.0 Å². The first kappa shape index (κ1) is 13.3. The molecule has 0 fully saturated rings. The molecule has 0 N–H and O–H groups in total. The van der Waals surface area contributed by atoms with Crippen molar-refractivity contribution in [1.82, 2.24) is 0 Å². The van der Waals surface area contributed by atoms with Crippen molar-refractivity contribution < 1.29 is 9.53 Å². The summed E-state index contributed by atoms with van der Waals surface area (Å²) in [6.07, 6.45) is 0. The van der Waals surface area contributed by atoms with Gasteiger partial charge in [-0.3, -0.25) is 4.79 Å². The van der Waals surface area contributed by atoms with Crippen molar-refractivity contribution in [3.8, 4) is 5.75 Å². The Morgan fingerprint density at radius 1 is 1.28 bits per heavy atom. The molecular formula is C14H13BrO2S. The molecule has 0 saturated carbocycles. The molecule has 0 atom stereocenters. The molecule has 0 bridgehead atoms. The first-order valence-corrected chi connectivity index (χ1v) is 7.09. The summed E-state index contributed by atoms with van der Waals surface area (Å²) in [5.74, 6) is 0.767. The number of thiophene rings is 1. The normalized spacial score (nSPS) is 10.4. The van der Waals surface area contributed by atoms with Crippen LogP contribution in [0, 0.1) is 13.8 Å². The number of ether oxygens (including phenoxy) is 1. The second-order valence-corrected chi connectivity index (χ2v) is 6.16. The average molecular weight is 325 g/mol. The van der Waals surface area contributed by atoms with Crippen LogP contribution < -0.4 is 4.74 Å². The highest BCUT2D eigenvalue weighted by molar-refractivity contribution is 9.10. The Morgan fingerprint density at radius 2 is 2.00 bits per heavy atom. The van der Waals surface area contributed by atoms with Crippen LogP contribution >= 0.6 is 27.3 Å². The van der Waals surface area contributed by atoms with Crippen LogP contribution in [0.4, 0.5) is 0 Å². The van der Waals surface area contributed by atoms with Crippen LogP contribution in [0.1, 0.15) is 25.7 Å². The second kappa shape index (κ2) is 5.24. The standard InChI is InChI=1S/C14H13BrO2S/c1-8-4-5-10(7-12(8)17-3)13(16)14-11(15)6-9(2)18-14/h4-7H,1-3H3. The van der Waals surface area contributed by atoms with Crippen molar-refractivity contribution in [2.24, 2.45) is 0 Å². The number of benzene rings is 1. The average Bonchev–Trinajstić information content (AvgIpc) is 2.68. The van der Waals surface area contributed by atoms with E-state index in [1.807, 2.05) is 32.0 Å². The number of methoxy groups -OCH3 is 1. The molecule has 94 valence electrons. The number of rotatable bonds is 3. The number of ketones is 1. The van der Waals surface area contributed by atoms with Gasteiger partial charge in [0.1, 0.15) is 5.75 Å². The van der Waals surface area contributed by atoms with E-state index in [9.17, 15) is 4.79 Å². The van der Waals surface area contributed by atoms with Gasteiger partial charge < -0.3 is 4.74 Å². The fourth-order valence-corrected chi connectivity index (χ4v) is 3.51. The number of carbonyl (C=O) groups is 1. The van der Waals surface area contributed by atoms with E-state index in [2.05, 4.69) is 15.9 Å². The smallest absolute Gasteiger partial charge is 0.204 e. The summed E-state index contributed by atoms with van der Waals surface area (Å²) in [5, 5.41) is 0. The fourth-order valence-electron chi connectivity index (χ4n) is 1.73. The van der Waals surface area contributed by atoms with Crippen molar-refractivity contribution in [2.75, 3.05) is 7.11 Å². The Bertz CT molecular complexity index is 602. The van der Waals surface area contributed by atoms with Gasteiger partial charge in [-0.1, -0.05) is 12.1 Å². The second-order valence-electron chi connectivity index (χ2n) is 4.05. The molecule has 2 nitrogen and oxygen atoms in total. The highest BCUT2D eigenvalue weighted by Gasteiger charge is 2.16. The molecule has 0 radical (unpaired) electrons. The lowest BCUT2D eigenvalue weighted by Gasteiger charge is -2.06. The van der Waals surface area contributed by atoms with Gasteiger partial charge in [0, 0.05) is 14.9 Å². The van der Waals surface area contributed by atoms with Gasteiger partial charge in [-0.05, 0) is 47.5 Å². The molecule has 1 aromatic carbocycles. The van der Waals surface area contributed by atoms with Gasteiger partial charge in [-0.25, -0.2) is 0 Å². The van der Waals surface area contributed by atoms with E-state index >= 15 is 0 Å². The lowest BCUT2D eigenvalue weighted by Crippen LogP contribution is -2.00. The summed E-state index contributed by atoms with van der Waals surface area (Å²) in [4.78, 5) is 14.2. The molecule has 0 saturated heterocycles. The van der Waals surface area contributed by atoms with E-state index in [-0.39, 0.29) is 5.78 Å². The monoisotopic (exact) mass is 324 g/mol. The van der Waals surface area contributed by atoms with Gasteiger partial charge in [0.2, 0.25) is 5.78 Å². The maximum Gasteiger partial charge on any atom is 0.204 e. The van der Waals surface area contributed by atoms with E-state index in [0.717, 1.165) is 25.5 Å². The van der Waals surface area contributed by atoms with E-state index < -0.39 is 0 Å². The third-order valence-corrected chi connectivity index (χ3v) is 4.62. The zero-order valence-corrected chi connectivity index (χ0v) is 12.8. The topological polar surface area (TPSA) is 26.3 Å². The third-order valence-electron chi connectivity index (χ3n) is 2.69. The number of carbonyl (C=O) groups excluding carboxylic acids is 1. The Hall–Kier alpha value is -1.13. The first-order chi connectivity index (χ1) is 8.52. The van der Waals surface area contributed by atoms with Crippen LogP contribution in [0.25, 0.3) is 0 Å². The molecular weight excluding hydrogens is 312 g/mol. The molecule has 2 aromatic rings. The highest BCUT2D eigenvalue weighted by Crippen LogP contribution is 2.30. The van der Waals surface area contributed by atoms with Crippen molar-refractivity contribution in [1.29, 1.82) is 0 Å². The third kappa shape index (κ3) is 2.49. The van der Waals surface area contributed by atoms with Gasteiger partial charge in [0.25, 0.3) is 0 Å². The number of aryl methyl sites for hydroxylation is 2. The Labute approximate surface area is 119 Å². The lowest BCUT2D eigenvalue weighted by atomic mass is 10.1. The predicted octanol–water partition coefficient (Wildman–Crippen LogP) is 4.37. The first-order valence-electron chi connectivity index (χ1n) is 5.48. The van der Waals surface area contributed by atoms with Gasteiger partial charge in [-0.15, -0.1) is 11.3 Å². The number of hydrogen-bond acceptors (Lipinski definition) is 3. The predicted molar refractivity (Wildman–Crippen MR) is 77.9 cm³/mol. The maximum atomic E-state index is 12.4. The Morgan fingerprint density at radius 3 is 2.56 bits per heavy atom. The summed E-state index contributed by atoms with van der Waals surface area (Å²) in [5.41, 5.74) is 1.68. The molecule has 0 aliphatic carbocycles. The summed E-state index contributed by atoms with van der Waals surface area (Å²) in [6, 6.07) is 7.49. The van der Waals surface area contributed by atoms with Gasteiger partial charge in [0.15, 0.2) is 0 Å². The highest BCUT2D eigenvalue weighted by atomic mass is 79.9. The minimum absolute atomic E-state index is 0.0262. The zero-order chi connectivity index (χ0) is 13.3. The molecule has 0 unspecified atom stereocenters. The SMILES string of the molecule is COc1cc(C(=O)c2sc(C)cc2Br)ccc1C. The molecule has 1 heterocycles. The van der Waals surface area contributed by atoms with E-state index in [4.69, 9.17) is 4.74 Å². The summed E-state index contributed by atoms with van der Waals surface area (Å²) >= 11 is 4.92. The quantitative estimate of drug-likeness (QED) is 0.784. The van der Waals surface area contributed by atoms with Crippen LogP contribution in [0.15, 0.2) is 28.7 Å². The molecule has 2 rings (SSSR count). The minimum Gasteiger partial charge on any atom is -0.496 e. The number of hydrogen-bond donors (Lipinski definition) is 0. The minimum atomic E-state index is 0.0262. The van der Waals surface area contributed by atoms with Crippen LogP contribution in [0.3, 0.4) is 0 Å². The molecule has 0 aliphatic heterocycles. The Kier molecular flexibility index (Phi) is 3.88. The van der Waals surface area contributed by atoms with Crippen LogP contribution in [0.2, 0.25) is 0 Å². The van der Waals surface area contributed by atoms with Crippen molar-refractivity contribution in [3.05, 3.63) is 49.6 Å². The van der Waals surface area contributed by atoms with Crippen molar-refractivity contribution in [2.45, 2.75) is 13.8 Å². The van der Waals surface area contributed by atoms with Crippen LogP contribution in [-0.4, -0.2) is 12.9 Å². The molecule has 18 heavy (non-hydrogen) atoms. The maximum absolute atomic E-state index is 12.4.